The molecule has 0 aromatic heterocycles. The van der Waals surface area contributed by atoms with Crippen molar-refractivity contribution in [3.8, 4) is 17.2 Å². The number of hydrogen-bond donors (Lipinski definition) is 2. The number of thiocarbonyl (C=S) groups is 1. The number of para-hydroxylation sites is 3. The van der Waals surface area contributed by atoms with Gasteiger partial charge in [-0.05, 0) is 61.6 Å². The van der Waals surface area contributed by atoms with Crippen LogP contribution in [0.3, 0.4) is 0 Å². The van der Waals surface area contributed by atoms with Crippen molar-refractivity contribution in [1.82, 2.24) is 5.32 Å². The van der Waals surface area contributed by atoms with E-state index in [-0.39, 0.29) is 11.9 Å². The summed E-state index contributed by atoms with van der Waals surface area (Å²) in [5, 5.41) is 6.91. The number of fused-ring (bicyclic) bond motifs is 4. The Balaban J connectivity index is 1.60. The van der Waals surface area contributed by atoms with E-state index >= 15 is 0 Å². The molecule has 1 amide bonds. The van der Waals surface area contributed by atoms with Gasteiger partial charge in [-0.15, -0.1) is 0 Å². The van der Waals surface area contributed by atoms with Gasteiger partial charge in [-0.2, -0.15) is 0 Å². The normalized spacial score (nSPS) is 22.7. The predicted octanol–water partition coefficient (Wildman–Crippen LogP) is 4.50. The summed E-state index contributed by atoms with van der Waals surface area (Å²) in [4.78, 5) is 15.7. The highest BCUT2D eigenvalue weighted by atomic mass is 32.1. The number of amides is 1. The number of benzene rings is 3. The van der Waals surface area contributed by atoms with Crippen LogP contribution in [0, 0.1) is 5.92 Å². The van der Waals surface area contributed by atoms with Gasteiger partial charge in [0, 0.05) is 11.3 Å². The first-order chi connectivity index (χ1) is 16.5. The molecule has 8 heteroatoms. The van der Waals surface area contributed by atoms with Gasteiger partial charge in [0.15, 0.2) is 10.8 Å². The van der Waals surface area contributed by atoms with Crippen molar-refractivity contribution < 1.29 is 19.0 Å². The zero-order valence-corrected chi connectivity index (χ0v) is 19.9. The largest absolute Gasteiger partial charge is 0.497 e. The number of carbonyl (C=O) groups excluding carboxylic acids is 1. The Hall–Kier alpha value is -3.78. The molecule has 1 fully saturated rings. The number of methoxy groups -OCH3 is 2. The molecule has 0 unspecified atom stereocenters. The molecule has 2 N–H and O–H groups in total. The lowest BCUT2D eigenvalue weighted by Crippen LogP contribution is -2.72. The number of carbonyl (C=O) groups is 1. The molecule has 2 heterocycles. The molecule has 7 nitrogen and oxygen atoms in total. The van der Waals surface area contributed by atoms with Crippen LogP contribution in [0.2, 0.25) is 0 Å². The van der Waals surface area contributed by atoms with Gasteiger partial charge in [-0.25, -0.2) is 0 Å². The average molecular weight is 476 g/mol. The van der Waals surface area contributed by atoms with Crippen LogP contribution in [-0.2, 0) is 4.79 Å². The molecular formula is C26H25N3O4S. The maximum atomic E-state index is 13.8. The van der Waals surface area contributed by atoms with Crippen LogP contribution < -0.4 is 29.7 Å². The molecule has 3 aromatic rings. The van der Waals surface area contributed by atoms with Gasteiger partial charge in [-0.1, -0.05) is 30.3 Å². The standard InChI is InChI=1S/C26H25N3O4S/c1-26-22(24(30)27-16-12-14-17(31-2)15-13-16)23(18-8-4-6-10-20(18)33-26)28-25(34)29(26)19-9-5-7-11-21(19)32-3/h4-15,22-23H,1-3H3,(H,27,30)(H,28,34)/t22-,23+,26+/m1/s1. The number of hydrogen-bond acceptors (Lipinski definition) is 5. The highest BCUT2D eigenvalue weighted by molar-refractivity contribution is 7.80. The van der Waals surface area contributed by atoms with E-state index in [1.165, 1.54) is 0 Å². The van der Waals surface area contributed by atoms with Gasteiger partial charge in [0.05, 0.1) is 25.9 Å². The second-order valence-corrected chi connectivity index (χ2v) is 8.71. The molecule has 0 spiro atoms. The van der Waals surface area contributed by atoms with Gasteiger partial charge < -0.3 is 24.8 Å². The fourth-order valence-corrected chi connectivity index (χ4v) is 5.21. The Morgan fingerprint density at radius 2 is 1.74 bits per heavy atom. The molecule has 3 aromatic carbocycles. The van der Waals surface area contributed by atoms with E-state index in [1.54, 1.807) is 26.4 Å². The van der Waals surface area contributed by atoms with Crippen LogP contribution in [-0.4, -0.2) is 31.0 Å². The first-order valence-corrected chi connectivity index (χ1v) is 11.3. The van der Waals surface area contributed by atoms with E-state index in [0.717, 1.165) is 5.56 Å². The van der Waals surface area contributed by atoms with Crippen LogP contribution in [0.1, 0.15) is 18.5 Å². The zero-order chi connectivity index (χ0) is 23.9. The summed E-state index contributed by atoms with van der Waals surface area (Å²) >= 11 is 5.80. The molecule has 0 radical (unpaired) electrons. The van der Waals surface area contributed by atoms with Crippen molar-refractivity contribution in [2.24, 2.45) is 5.92 Å². The summed E-state index contributed by atoms with van der Waals surface area (Å²) in [6.07, 6.45) is 0. The minimum atomic E-state index is -1.12. The lowest BCUT2D eigenvalue weighted by atomic mass is 9.78. The molecule has 2 bridgehead atoms. The summed E-state index contributed by atoms with van der Waals surface area (Å²) in [7, 11) is 3.21. The third-order valence-corrected chi connectivity index (χ3v) is 6.67. The van der Waals surface area contributed by atoms with Crippen LogP contribution in [0.25, 0.3) is 0 Å². The second kappa shape index (κ2) is 8.53. The average Bonchev–Trinajstić information content (AvgIpc) is 2.84. The highest BCUT2D eigenvalue weighted by Gasteiger charge is 2.59. The van der Waals surface area contributed by atoms with Crippen LogP contribution in [0.4, 0.5) is 11.4 Å². The van der Waals surface area contributed by atoms with Crippen molar-refractivity contribution in [1.29, 1.82) is 0 Å². The van der Waals surface area contributed by atoms with Gasteiger partial charge in [0.25, 0.3) is 0 Å². The van der Waals surface area contributed by atoms with Gasteiger partial charge in [0.2, 0.25) is 5.91 Å². The fourth-order valence-electron chi connectivity index (χ4n) is 4.80. The van der Waals surface area contributed by atoms with Crippen molar-refractivity contribution in [2.75, 3.05) is 24.4 Å². The summed E-state index contributed by atoms with van der Waals surface area (Å²) < 4.78 is 17.4. The minimum Gasteiger partial charge on any atom is -0.497 e. The minimum absolute atomic E-state index is 0.193. The monoisotopic (exact) mass is 475 g/mol. The number of rotatable bonds is 5. The van der Waals surface area contributed by atoms with Crippen molar-refractivity contribution in [3.63, 3.8) is 0 Å². The van der Waals surface area contributed by atoms with Crippen LogP contribution >= 0.6 is 12.2 Å². The lowest BCUT2D eigenvalue weighted by molar-refractivity contribution is -0.130. The lowest BCUT2D eigenvalue weighted by Gasteiger charge is -2.56. The van der Waals surface area contributed by atoms with Gasteiger partial charge >= 0.3 is 0 Å². The number of anilines is 2. The van der Waals surface area contributed by atoms with E-state index < -0.39 is 11.6 Å². The Bertz CT molecular complexity index is 1250. The topological polar surface area (TPSA) is 72.1 Å². The molecule has 2 aliphatic heterocycles. The third-order valence-electron chi connectivity index (χ3n) is 6.37. The van der Waals surface area contributed by atoms with E-state index in [1.807, 2.05) is 72.5 Å². The zero-order valence-electron chi connectivity index (χ0n) is 19.1. The maximum Gasteiger partial charge on any atom is 0.236 e. The molecule has 34 heavy (non-hydrogen) atoms. The smallest absolute Gasteiger partial charge is 0.236 e. The maximum absolute atomic E-state index is 13.8. The highest BCUT2D eigenvalue weighted by Crippen LogP contribution is 2.50. The van der Waals surface area contributed by atoms with E-state index in [9.17, 15) is 4.79 Å². The predicted molar refractivity (Wildman–Crippen MR) is 135 cm³/mol. The summed E-state index contributed by atoms with van der Waals surface area (Å²) in [5.74, 6) is 1.22. The van der Waals surface area contributed by atoms with Crippen LogP contribution in [0.15, 0.2) is 72.8 Å². The number of ether oxygens (including phenoxy) is 3. The van der Waals surface area contributed by atoms with E-state index in [4.69, 9.17) is 26.4 Å². The SMILES string of the molecule is COc1ccc(NC(=O)[C@H]2[C@H]3NC(=S)N(c4ccccc4OC)[C@@]2(C)Oc2ccccc23)cc1. The van der Waals surface area contributed by atoms with E-state index in [0.29, 0.717) is 33.7 Å². The fraction of sp³-hybridized carbons (Fsp3) is 0.231. The number of nitrogens with zero attached hydrogens (tertiary/aromatic N) is 1. The van der Waals surface area contributed by atoms with E-state index in [2.05, 4.69) is 10.6 Å². The molecule has 5 rings (SSSR count). The first-order valence-electron chi connectivity index (χ1n) is 10.9. The van der Waals surface area contributed by atoms with Crippen molar-refractivity contribution in [3.05, 3.63) is 78.4 Å². The van der Waals surface area contributed by atoms with Crippen molar-refractivity contribution >= 4 is 34.6 Å². The third kappa shape index (κ3) is 3.51. The molecule has 1 saturated heterocycles. The quantitative estimate of drug-likeness (QED) is 0.527. The molecule has 3 atom stereocenters. The Kier molecular flexibility index (Phi) is 5.53. The molecule has 0 saturated carbocycles. The van der Waals surface area contributed by atoms with Gasteiger partial charge in [-0.3, -0.25) is 9.69 Å². The molecule has 2 aliphatic rings. The second-order valence-electron chi connectivity index (χ2n) is 8.32. The molecular weight excluding hydrogens is 450 g/mol. The summed E-state index contributed by atoms with van der Waals surface area (Å²) in [5.41, 5.74) is 1.15. The summed E-state index contributed by atoms with van der Waals surface area (Å²) in [6.45, 7) is 1.90. The van der Waals surface area contributed by atoms with Crippen molar-refractivity contribution in [2.45, 2.75) is 18.7 Å². The summed E-state index contributed by atoms with van der Waals surface area (Å²) in [6, 6.07) is 22.1. The molecule has 174 valence electrons. The Labute approximate surface area is 203 Å². The number of nitrogens with one attached hydrogen (secondary N) is 2. The first kappa shape index (κ1) is 22.0. The van der Waals surface area contributed by atoms with Crippen LogP contribution in [0.5, 0.6) is 17.2 Å². The Morgan fingerprint density at radius 3 is 2.47 bits per heavy atom. The molecule has 0 aliphatic carbocycles. The van der Waals surface area contributed by atoms with Gasteiger partial charge in [0.1, 0.15) is 23.2 Å². The Morgan fingerprint density at radius 1 is 1.03 bits per heavy atom.